The van der Waals surface area contributed by atoms with Crippen molar-refractivity contribution in [2.45, 2.75) is 58.3 Å². The second kappa shape index (κ2) is 7.73. The van der Waals surface area contributed by atoms with E-state index in [9.17, 15) is 0 Å². The van der Waals surface area contributed by atoms with Gasteiger partial charge in [-0.15, -0.1) is 6.58 Å². The van der Waals surface area contributed by atoms with Gasteiger partial charge in [0.25, 0.3) is 0 Å². The van der Waals surface area contributed by atoms with Crippen LogP contribution in [0.4, 0.5) is 0 Å². The molecule has 0 aromatic heterocycles. The Morgan fingerprint density at radius 1 is 1.13 bits per heavy atom. The zero-order chi connectivity index (χ0) is 10.9. The number of hydrogen-bond acceptors (Lipinski definition) is 0. The van der Waals surface area contributed by atoms with Crippen LogP contribution in [0.25, 0.3) is 0 Å². The molecule has 0 aliphatic heterocycles. The molecule has 1 rings (SSSR count). The van der Waals surface area contributed by atoms with Gasteiger partial charge in [0, 0.05) is 0 Å². The minimum atomic E-state index is 0.761. The van der Waals surface area contributed by atoms with Crippen LogP contribution in [0.2, 0.25) is 0 Å². The molecule has 0 spiro atoms. The van der Waals surface area contributed by atoms with Crippen molar-refractivity contribution in [2.24, 2.45) is 11.8 Å². The van der Waals surface area contributed by atoms with E-state index < -0.39 is 0 Å². The average Bonchev–Trinajstić information content (AvgIpc) is 2.70. The van der Waals surface area contributed by atoms with Crippen LogP contribution in [0.15, 0.2) is 24.8 Å². The minimum Gasteiger partial charge on any atom is -0.103 e. The van der Waals surface area contributed by atoms with Crippen LogP contribution >= 0.6 is 0 Å². The summed E-state index contributed by atoms with van der Waals surface area (Å²) in [5.74, 6) is 1.56. The third-order valence-electron chi connectivity index (χ3n) is 3.54. The van der Waals surface area contributed by atoms with E-state index in [2.05, 4.69) is 31.7 Å². The lowest BCUT2D eigenvalue weighted by molar-refractivity contribution is 0.556. The molecule has 0 N–H and O–H groups in total. The summed E-state index contributed by atoms with van der Waals surface area (Å²) >= 11 is 0. The lowest BCUT2D eigenvalue weighted by Gasteiger charge is -2.10. The maximum Gasteiger partial charge on any atom is -0.0171 e. The zero-order valence-corrected chi connectivity index (χ0v) is 10.3. The number of hydrogen-bond donors (Lipinski definition) is 0. The maximum absolute atomic E-state index is 3.93. The molecule has 1 aliphatic rings. The molecular weight excluding hydrogens is 180 g/mol. The molecule has 1 fully saturated rings. The van der Waals surface area contributed by atoms with E-state index in [1.54, 1.807) is 0 Å². The third-order valence-corrected chi connectivity index (χ3v) is 3.54. The summed E-state index contributed by atoms with van der Waals surface area (Å²) in [6.07, 6.45) is 17.9. The molecule has 0 bridgehead atoms. The highest BCUT2D eigenvalue weighted by molar-refractivity contribution is 5.00. The molecule has 0 radical (unpaired) electrons. The Labute approximate surface area is 95.5 Å². The van der Waals surface area contributed by atoms with E-state index in [0.29, 0.717) is 0 Å². The average molecular weight is 206 g/mol. The first-order chi connectivity index (χ1) is 7.38. The Morgan fingerprint density at radius 2 is 1.93 bits per heavy atom. The Bertz CT molecular complexity index is 190. The van der Waals surface area contributed by atoms with Gasteiger partial charge in [-0.25, -0.2) is 0 Å². The van der Waals surface area contributed by atoms with Gasteiger partial charge in [-0.1, -0.05) is 50.8 Å². The van der Waals surface area contributed by atoms with E-state index in [0.717, 1.165) is 11.8 Å². The van der Waals surface area contributed by atoms with Crippen molar-refractivity contribution in [1.82, 2.24) is 0 Å². The van der Waals surface area contributed by atoms with Crippen LogP contribution in [-0.2, 0) is 0 Å². The zero-order valence-electron chi connectivity index (χ0n) is 10.3. The van der Waals surface area contributed by atoms with Crippen molar-refractivity contribution < 1.29 is 0 Å². The lowest BCUT2D eigenvalue weighted by Crippen LogP contribution is -2.00. The van der Waals surface area contributed by atoms with Gasteiger partial charge in [-0.05, 0) is 37.5 Å². The standard InChI is InChI=1S/C15H26/c1-3-5-6-7-8-9-11-15-13-10-12-14(15)4-2/h4,9,11,14-15H,2-3,5-8,10,12-13H2,1H3/b11-9-/t14-,15+/m1/s1. The van der Waals surface area contributed by atoms with Crippen LogP contribution in [0.3, 0.4) is 0 Å². The van der Waals surface area contributed by atoms with Gasteiger partial charge >= 0.3 is 0 Å². The molecule has 0 amide bonds. The highest BCUT2D eigenvalue weighted by Crippen LogP contribution is 2.33. The second-order valence-electron chi connectivity index (χ2n) is 4.77. The van der Waals surface area contributed by atoms with Crippen molar-refractivity contribution in [1.29, 1.82) is 0 Å². The SMILES string of the molecule is C=C[C@@H]1CCC[C@@H]1/C=C\CCCCCC. The normalized spacial score (nSPS) is 26.2. The van der Waals surface area contributed by atoms with Crippen LogP contribution in [0.5, 0.6) is 0 Å². The van der Waals surface area contributed by atoms with Crippen LogP contribution < -0.4 is 0 Å². The molecule has 86 valence electrons. The number of allylic oxidation sites excluding steroid dienone is 3. The van der Waals surface area contributed by atoms with E-state index in [4.69, 9.17) is 0 Å². The Kier molecular flexibility index (Phi) is 6.47. The number of rotatable bonds is 7. The van der Waals surface area contributed by atoms with Crippen molar-refractivity contribution in [3.63, 3.8) is 0 Å². The fourth-order valence-electron chi connectivity index (χ4n) is 2.51. The van der Waals surface area contributed by atoms with Gasteiger partial charge in [0.05, 0.1) is 0 Å². The molecule has 15 heavy (non-hydrogen) atoms. The molecule has 0 aromatic carbocycles. The van der Waals surface area contributed by atoms with Crippen molar-refractivity contribution in [3.8, 4) is 0 Å². The Hall–Kier alpha value is -0.520. The monoisotopic (exact) mass is 206 g/mol. The van der Waals surface area contributed by atoms with Crippen LogP contribution in [0.1, 0.15) is 58.3 Å². The molecule has 0 nitrogen and oxygen atoms in total. The lowest BCUT2D eigenvalue weighted by atomic mass is 9.95. The summed E-state index contributed by atoms with van der Waals surface area (Å²) in [6.45, 7) is 6.19. The molecule has 0 unspecified atom stereocenters. The molecule has 1 aliphatic carbocycles. The first-order valence-electron chi connectivity index (χ1n) is 6.67. The van der Waals surface area contributed by atoms with Gasteiger partial charge in [0.2, 0.25) is 0 Å². The van der Waals surface area contributed by atoms with E-state index in [1.807, 2.05) is 0 Å². The topological polar surface area (TPSA) is 0 Å². The molecule has 0 aromatic rings. The van der Waals surface area contributed by atoms with Gasteiger partial charge in [-0.2, -0.15) is 0 Å². The van der Waals surface area contributed by atoms with E-state index >= 15 is 0 Å². The summed E-state index contributed by atoms with van der Waals surface area (Å²) in [4.78, 5) is 0. The summed E-state index contributed by atoms with van der Waals surface area (Å²) in [7, 11) is 0. The summed E-state index contributed by atoms with van der Waals surface area (Å²) < 4.78 is 0. The highest BCUT2D eigenvalue weighted by atomic mass is 14.3. The van der Waals surface area contributed by atoms with Crippen molar-refractivity contribution in [3.05, 3.63) is 24.8 Å². The molecule has 0 heterocycles. The first-order valence-corrected chi connectivity index (χ1v) is 6.67. The Morgan fingerprint density at radius 3 is 2.67 bits per heavy atom. The fraction of sp³-hybridized carbons (Fsp3) is 0.733. The summed E-state index contributed by atoms with van der Waals surface area (Å²) in [5, 5.41) is 0. The van der Waals surface area contributed by atoms with Crippen molar-refractivity contribution >= 4 is 0 Å². The highest BCUT2D eigenvalue weighted by Gasteiger charge is 2.21. The van der Waals surface area contributed by atoms with Crippen LogP contribution in [0, 0.1) is 11.8 Å². The van der Waals surface area contributed by atoms with E-state index in [-0.39, 0.29) is 0 Å². The van der Waals surface area contributed by atoms with Gasteiger partial charge in [-0.3, -0.25) is 0 Å². The minimum absolute atomic E-state index is 0.761. The second-order valence-corrected chi connectivity index (χ2v) is 4.77. The van der Waals surface area contributed by atoms with Gasteiger partial charge < -0.3 is 0 Å². The number of unbranched alkanes of at least 4 members (excludes halogenated alkanes) is 4. The first kappa shape index (κ1) is 12.5. The molecule has 0 saturated heterocycles. The Balaban J connectivity index is 2.11. The largest absolute Gasteiger partial charge is 0.103 e. The smallest absolute Gasteiger partial charge is 0.0171 e. The molecule has 2 atom stereocenters. The predicted octanol–water partition coefficient (Wildman–Crippen LogP) is 5.12. The van der Waals surface area contributed by atoms with Crippen LogP contribution in [-0.4, -0.2) is 0 Å². The molecular formula is C15H26. The predicted molar refractivity (Wildman–Crippen MR) is 68.9 cm³/mol. The van der Waals surface area contributed by atoms with E-state index in [1.165, 1.54) is 51.4 Å². The third kappa shape index (κ3) is 4.68. The maximum atomic E-state index is 3.93. The quantitative estimate of drug-likeness (QED) is 0.401. The van der Waals surface area contributed by atoms with Gasteiger partial charge in [0.1, 0.15) is 0 Å². The van der Waals surface area contributed by atoms with Gasteiger partial charge in [0.15, 0.2) is 0 Å². The van der Waals surface area contributed by atoms with Crippen molar-refractivity contribution in [2.75, 3.05) is 0 Å². The molecule has 0 heteroatoms. The summed E-state index contributed by atoms with van der Waals surface area (Å²) in [5.41, 5.74) is 0. The fourth-order valence-corrected chi connectivity index (χ4v) is 2.51. The molecule has 1 saturated carbocycles. The summed E-state index contributed by atoms with van der Waals surface area (Å²) in [6, 6.07) is 0.